The number of nitrogens with zero attached hydrogens (tertiary/aromatic N) is 6. The van der Waals surface area contributed by atoms with Crippen LogP contribution in [0, 0.1) is 0 Å². The van der Waals surface area contributed by atoms with E-state index in [1.807, 2.05) is 51.9 Å². The summed E-state index contributed by atoms with van der Waals surface area (Å²) in [5.74, 6) is 1.25. The second-order valence-corrected chi connectivity index (χ2v) is 7.76. The van der Waals surface area contributed by atoms with Gasteiger partial charge in [0, 0.05) is 49.8 Å². The first-order chi connectivity index (χ1) is 14.3. The fourth-order valence-corrected chi connectivity index (χ4v) is 4.25. The van der Waals surface area contributed by atoms with Crippen molar-refractivity contribution in [3.05, 3.63) is 54.9 Å². The van der Waals surface area contributed by atoms with E-state index >= 15 is 0 Å². The Kier molecular flexibility index (Phi) is 6.21. The Bertz CT molecular complexity index is 938. The number of piperazine rings is 1. The van der Waals surface area contributed by atoms with Gasteiger partial charge in [0.05, 0.1) is 5.75 Å². The molecule has 0 atom stereocenters. The molecule has 1 aliphatic rings. The fourth-order valence-electron chi connectivity index (χ4n) is 3.39. The maximum Gasteiger partial charge on any atom is 0.233 e. The molecule has 0 unspecified atom stereocenters. The highest BCUT2D eigenvalue weighted by molar-refractivity contribution is 7.99. The van der Waals surface area contributed by atoms with Crippen LogP contribution in [0.5, 0.6) is 0 Å². The predicted molar refractivity (Wildman–Crippen MR) is 114 cm³/mol. The van der Waals surface area contributed by atoms with Crippen molar-refractivity contribution in [3.63, 3.8) is 0 Å². The van der Waals surface area contributed by atoms with Gasteiger partial charge in [0.25, 0.3) is 0 Å². The second kappa shape index (κ2) is 9.19. The Morgan fingerprint density at radius 3 is 2.41 bits per heavy atom. The molecule has 0 spiro atoms. The zero-order chi connectivity index (χ0) is 20.1. The van der Waals surface area contributed by atoms with Gasteiger partial charge in [-0.2, -0.15) is 0 Å². The number of rotatable bonds is 6. The number of pyridine rings is 1. The lowest BCUT2D eigenvalue weighted by molar-refractivity contribution is -0.130. The molecule has 7 nitrogen and oxygen atoms in total. The quantitative estimate of drug-likeness (QED) is 0.584. The van der Waals surface area contributed by atoms with Crippen LogP contribution in [0.1, 0.15) is 6.92 Å². The lowest BCUT2D eigenvalue weighted by Gasteiger charge is -2.34. The fraction of sp³-hybridized carbons (Fsp3) is 0.333. The molecule has 1 aliphatic heterocycles. The Balaban J connectivity index is 1.53. The van der Waals surface area contributed by atoms with E-state index < -0.39 is 0 Å². The summed E-state index contributed by atoms with van der Waals surface area (Å²) in [6.45, 7) is 6.67. The maximum absolute atomic E-state index is 12.7. The summed E-state index contributed by atoms with van der Waals surface area (Å²) in [4.78, 5) is 21.1. The molecular weight excluding hydrogens is 384 g/mol. The average molecular weight is 409 g/mol. The van der Waals surface area contributed by atoms with Crippen LogP contribution >= 0.6 is 11.8 Å². The van der Waals surface area contributed by atoms with Gasteiger partial charge in [0.1, 0.15) is 0 Å². The zero-order valence-electron chi connectivity index (χ0n) is 16.4. The number of hydrogen-bond acceptors (Lipinski definition) is 6. The van der Waals surface area contributed by atoms with E-state index in [9.17, 15) is 4.79 Å². The third-order valence-electron chi connectivity index (χ3n) is 5.08. The van der Waals surface area contributed by atoms with Crippen molar-refractivity contribution in [3.8, 4) is 17.1 Å². The van der Waals surface area contributed by atoms with Gasteiger partial charge in [-0.25, -0.2) is 0 Å². The summed E-state index contributed by atoms with van der Waals surface area (Å²) < 4.78 is 2.00. The summed E-state index contributed by atoms with van der Waals surface area (Å²) in [6.07, 6.45) is 3.48. The number of amides is 1. The van der Waals surface area contributed by atoms with E-state index in [2.05, 4.69) is 27.0 Å². The first-order valence-corrected chi connectivity index (χ1v) is 10.8. The molecule has 3 aromatic rings. The number of carbonyl (C=O) groups excluding carboxylic acids is 1. The zero-order valence-corrected chi connectivity index (χ0v) is 17.3. The van der Waals surface area contributed by atoms with E-state index in [0.29, 0.717) is 10.9 Å². The summed E-state index contributed by atoms with van der Waals surface area (Å²) in [5.41, 5.74) is 1.90. The molecule has 0 N–H and O–H groups in total. The third-order valence-corrected chi connectivity index (χ3v) is 6.00. The minimum atomic E-state index is 0.152. The van der Waals surface area contributed by atoms with E-state index in [4.69, 9.17) is 0 Å². The number of likely N-dealkylation sites (N-methyl/N-ethyl adjacent to an activating group) is 1. The van der Waals surface area contributed by atoms with Crippen LogP contribution in [0.3, 0.4) is 0 Å². The topological polar surface area (TPSA) is 67.2 Å². The molecule has 150 valence electrons. The first kappa shape index (κ1) is 19.6. The minimum Gasteiger partial charge on any atom is -0.339 e. The molecule has 3 heterocycles. The van der Waals surface area contributed by atoms with Crippen molar-refractivity contribution in [2.24, 2.45) is 0 Å². The van der Waals surface area contributed by atoms with Crippen LogP contribution in [0.25, 0.3) is 17.1 Å². The van der Waals surface area contributed by atoms with Crippen LogP contribution in [-0.4, -0.2) is 73.9 Å². The van der Waals surface area contributed by atoms with Crippen molar-refractivity contribution >= 4 is 17.7 Å². The van der Waals surface area contributed by atoms with Gasteiger partial charge < -0.3 is 9.80 Å². The summed E-state index contributed by atoms with van der Waals surface area (Å²) in [5, 5.41) is 9.51. The number of carbonyl (C=O) groups is 1. The second-order valence-electron chi connectivity index (χ2n) is 6.82. The van der Waals surface area contributed by atoms with Crippen molar-refractivity contribution < 1.29 is 4.79 Å². The van der Waals surface area contributed by atoms with Gasteiger partial charge in [0.15, 0.2) is 11.0 Å². The van der Waals surface area contributed by atoms with Crippen molar-refractivity contribution in [1.82, 2.24) is 29.5 Å². The first-order valence-electron chi connectivity index (χ1n) is 9.80. The van der Waals surface area contributed by atoms with Gasteiger partial charge in [-0.1, -0.05) is 36.9 Å². The van der Waals surface area contributed by atoms with Crippen molar-refractivity contribution in [2.45, 2.75) is 12.1 Å². The van der Waals surface area contributed by atoms with Gasteiger partial charge in [-0.3, -0.25) is 14.3 Å². The highest BCUT2D eigenvalue weighted by atomic mass is 32.2. The normalized spacial score (nSPS) is 14.9. The van der Waals surface area contributed by atoms with E-state index in [1.54, 1.807) is 12.4 Å². The van der Waals surface area contributed by atoms with Gasteiger partial charge in [-0.05, 0) is 30.8 Å². The highest BCUT2D eigenvalue weighted by Gasteiger charge is 2.22. The molecule has 29 heavy (non-hydrogen) atoms. The molecular formula is C21H24N6OS. The molecule has 0 aliphatic carbocycles. The molecule has 1 amide bonds. The smallest absolute Gasteiger partial charge is 0.233 e. The Labute approximate surface area is 174 Å². The number of thioether (sulfide) groups is 1. The molecule has 1 saturated heterocycles. The number of hydrogen-bond donors (Lipinski definition) is 0. The largest absolute Gasteiger partial charge is 0.339 e. The van der Waals surface area contributed by atoms with Crippen LogP contribution in [0.4, 0.5) is 0 Å². The monoisotopic (exact) mass is 408 g/mol. The predicted octanol–water partition coefficient (Wildman–Crippen LogP) is 2.59. The molecule has 1 fully saturated rings. The standard InChI is InChI=1S/C21H24N6OS/c1-2-25-12-14-26(15-13-25)19(28)16-29-21-24-23-20(17-8-10-22-11-9-17)27(21)18-6-4-3-5-7-18/h3-11H,2,12-16H2,1H3. The molecule has 0 saturated carbocycles. The van der Waals surface area contributed by atoms with Gasteiger partial charge in [0.2, 0.25) is 5.91 Å². The van der Waals surface area contributed by atoms with Crippen molar-refractivity contribution in [2.75, 3.05) is 38.5 Å². The highest BCUT2D eigenvalue weighted by Crippen LogP contribution is 2.27. The summed E-state index contributed by atoms with van der Waals surface area (Å²) in [7, 11) is 0. The van der Waals surface area contributed by atoms with Crippen LogP contribution in [0.2, 0.25) is 0 Å². The van der Waals surface area contributed by atoms with Gasteiger partial charge >= 0.3 is 0 Å². The van der Waals surface area contributed by atoms with E-state index in [0.717, 1.165) is 49.8 Å². The number of aromatic nitrogens is 4. The minimum absolute atomic E-state index is 0.152. The Morgan fingerprint density at radius 1 is 1.00 bits per heavy atom. The Hall–Kier alpha value is -2.71. The van der Waals surface area contributed by atoms with E-state index in [-0.39, 0.29) is 5.91 Å². The van der Waals surface area contributed by atoms with Crippen molar-refractivity contribution in [1.29, 1.82) is 0 Å². The summed E-state index contributed by atoms with van der Waals surface area (Å²) >= 11 is 1.43. The lowest BCUT2D eigenvalue weighted by Crippen LogP contribution is -2.49. The average Bonchev–Trinajstić information content (AvgIpc) is 3.22. The molecule has 0 bridgehead atoms. The molecule has 2 aromatic heterocycles. The number of benzene rings is 1. The molecule has 0 radical (unpaired) electrons. The van der Waals surface area contributed by atoms with Crippen LogP contribution in [0.15, 0.2) is 60.0 Å². The lowest BCUT2D eigenvalue weighted by atomic mass is 10.2. The number of para-hydroxylation sites is 1. The van der Waals surface area contributed by atoms with E-state index in [1.165, 1.54) is 11.8 Å². The van der Waals surface area contributed by atoms with Crippen LogP contribution < -0.4 is 0 Å². The summed E-state index contributed by atoms with van der Waals surface area (Å²) in [6, 6.07) is 13.8. The Morgan fingerprint density at radius 2 is 1.72 bits per heavy atom. The third kappa shape index (κ3) is 4.49. The maximum atomic E-state index is 12.7. The molecule has 8 heteroatoms. The molecule has 4 rings (SSSR count). The molecule has 1 aromatic carbocycles. The van der Waals surface area contributed by atoms with Crippen LogP contribution in [-0.2, 0) is 4.79 Å². The SMILES string of the molecule is CCN1CCN(C(=O)CSc2nnc(-c3ccncc3)n2-c2ccccc2)CC1. The van der Waals surface area contributed by atoms with Gasteiger partial charge in [-0.15, -0.1) is 10.2 Å².